The van der Waals surface area contributed by atoms with Crippen LogP contribution in [0.15, 0.2) is 23.4 Å². The van der Waals surface area contributed by atoms with Crippen LogP contribution in [-0.4, -0.2) is 34.8 Å². The first-order valence-corrected chi connectivity index (χ1v) is 5.99. The minimum Gasteiger partial charge on any atom is -0.409 e. The van der Waals surface area contributed by atoms with Crippen LogP contribution in [0.25, 0.3) is 0 Å². The molecule has 0 saturated carbocycles. The van der Waals surface area contributed by atoms with Gasteiger partial charge in [0, 0.05) is 24.3 Å². The lowest BCUT2D eigenvalue weighted by molar-refractivity contribution is 0.0839. The van der Waals surface area contributed by atoms with Gasteiger partial charge in [-0.1, -0.05) is 16.8 Å². The van der Waals surface area contributed by atoms with Gasteiger partial charge >= 0.3 is 0 Å². The van der Waals surface area contributed by atoms with Crippen molar-refractivity contribution in [2.24, 2.45) is 10.9 Å². The van der Waals surface area contributed by atoms with Gasteiger partial charge in [0.05, 0.1) is 5.60 Å². The van der Waals surface area contributed by atoms with Crippen molar-refractivity contribution in [3.05, 3.63) is 29.3 Å². The number of hydrogen-bond acceptors (Lipinski definition) is 4. The number of hydrogen-bond donors (Lipinski definition) is 3. The van der Waals surface area contributed by atoms with E-state index in [1.54, 1.807) is 0 Å². The van der Waals surface area contributed by atoms with Gasteiger partial charge in [-0.3, -0.25) is 0 Å². The van der Waals surface area contributed by atoms with E-state index in [1.807, 2.05) is 32.0 Å². The molecule has 1 saturated heterocycles. The summed E-state index contributed by atoms with van der Waals surface area (Å²) in [6.07, 6.45) is 0.719. The number of aliphatic hydroxyl groups is 1. The smallest absolute Gasteiger partial charge is 0.172 e. The molecule has 5 heteroatoms. The highest BCUT2D eigenvalue weighted by Crippen LogP contribution is 2.29. The average molecular weight is 249 g/mol. The monoisotopic (exact) mass is 249 g/mol. The molecule has 0 spiro atoms. The highest BCUT2D eigenvalue weighted by molar-refractivity contribution is 6.02. The van der Waals surface area contributed by atoms with Crippen molar-refractivity contribution < 1.29 is 10.3 Å². The van der Waals surface area contributed by atoms with Crippen molar-refractivity contribution in [2.75, 3.05) is 18.0 Å². The number of amidine groups is 1. The molecule has 18 heavy (non-hydrogen) atoms. The third-order valence-corrected chi connectivity index (χ3v) is 3.33. The largest absolute Gasteiger partial charge is 0.409 e. The minimum atomic E-state index is -0.673. The lowest BCUT2D eigenvalue weighted by atomic mass is 10.1. The van der Waals surface area contributed by atoms with Gasteiger partial charge in [0.25, 0.3) is 0 Å². The van der Waals surface area contributed by atoms with Gasteiger partial charge in [-0.05, 0) is 32.4 Å². The Balaban J connectivity index is 2.39. The van der Waals surface area contributed by atoms with E-state index in [-0.39, 0.29) is 5.84 Å². The van der Waals surface area contributed by atoms with Crippen molar-refractivity contribution in [1.82, 2.24) is 0 Å². The average Bonchev–Trinajstić information content (AvgIpc) is 2.68. The summed E-state index contributed by atoms with van der Waals surface area (Å²) in [6.45, 7) is 5.10. The molecule has 0 aromatic heterocycles. The summed E-state index contributed by atoms with van der Waals surface area (Å²) in [6, 6.07) is 5.82. The van der Waals surface area contributed by atoms with Crippen LogP contribution in [0.5, 0.6) is 0 Å². The van der Waals surface area contributed by atoms with E-state index in [2.05, 4.69) is 10.1 Å². The normalized spacial score (nSPS) is 24.6. The van der Waals surface area contributed by atoms with Crippen LogP contribution in [0.2, 0.25) is 0 Å². The molecule has 1 aromatic carbocycles. The molecule has 1 aliphatic heterocycles. The zero-order chi connectivity index (χ0) is 13.3. The second-order valence-electron chi connectivity index (χ2n) is 5.17. The third kappa shape index (κ3) is 2.41. The quantitative estimate of drug-likeness (QED) is 0.317. The summed E-state index contributed by atoms with van der Waals surface area (Å²) in [4.78, 5) is 2.06. The first-order valence-electron chi connectivity index (χ1n) is 5.99. The third-order valence-electron chi connectivity index (χ3n) is 3.33. The highest BCUT2D eigenvalue weighted by atomic mass is 16.4. The van der Waals surface area contributed by atoms with Crippen molar-refractivity contribution in [2.45, 2.75) is 25.9 Å². The number of anilines is 1. The van der Waals surface area contributed by atoms with E-state index in [4.69, 9.17) is 10.9 Å². The Morgan fingerprint density at radius 3 is 2.78 bits per heavy atom. The lowest BCUT2D eigenvalue weighted by Gasteiger charge is -2.23. The van der Waals surface area contributed by atoms with E-state index in [9.17, 15) is 5.11 Å². The summed E-state index contributed by atoms with van der Waals surface area (Å²) in [5.74, 6) is 0.0974. The Bertz CT molecular complexity index is 483. The topological polar surface area (TPSA) is 82.1 Å². The van der Waals surface area contributed by atoms with E-state index >= 15 is 0 Å². The molecule has 1 unspecified atom stereocenters. The number of aryl methyl sites for hydroxylation is 1. The van der Waals surface area contributed by atoms with Gasteiger partial charge in [0.2, 0.25) is 0 Å². The zero-order valence-electron chi connectivity index (χ0n) is 10.7. The molecule has 1 aliphatic rings. The molecule has 5 nitrogen and oxygen atoms in total. The molecule has 1 fully saturated rings. The maximum absolute atomic E-state index is 10.0. The number of β-amino-alcohol motifs (C(OH)–C–C–N with tert-alkyl or cyclic N) is 1. The molecule has 0 amide bonds. The number of nitrogens with two attached hydrogens (primary N) is 1. The van der Waals surface area contributed by atoms with Gasteiger partial charge < -0.3 is 20.9 Å². The van der Waals surface area contributed by atoms with Crippen LogP contribution in [0, 0.1) is 6.92 Å². The Morgan fingerprint density at radius 1 is 1.50 bits per heavy atom. The fraction of sp³-hybridized carbons (Fsp3) is 0.462. The van der Waals surface area contributed by atoms with Gasteiger partial charge in [0.1, 0.15) is 0 Å². The molecule has 1 heterocycles. The lowest BCUT2D eigenvalue weighted by Crippen LogP contribution is -2.31. The van der Waals surface area contributed by atoms with Crippen molar-refractivity contribution >= 4 is 11.5 Å². The second-order valence-corrected chi connectivity index (χ2v) is 5.17. The van der Waals surface area contributed by atoms with E-state index in [0.717, 1.165) is 24.2 Å². The molecule has 0 aliphatic carbocycles. The first-order chi connectivity index (χ1) is 8.43. The Kier molecular flexibility index (Phi) is 3.17. The van der Waals surface area contributed by atoms with Gasteiger partial charge in [0.15, 0.2) is 5.84 Å². The van der Waals surface area contributed by atoms with Crippen LogP contribution >= 0.6 is 0 Å². The summed E-state index contributed by atoms with van der Waals surface area (Å²) in [7, 11) is 0. The Hall–Kier alpha value is -1.75. The second kappa shape index (κ2) is 4.49. The summed E-state index contributed by atoms with van der Waals surface area (Å²) in [5, 5.41) is 21.9. The fourth-order valence-electron chi connectivity index (χ4n) is 2.34. The molecule has 0 radical (unpaired) electrons. The summed E-state index contributed by atoms with van der Waals surface area (Å²) < 4.78 is 0. The van der Waals surface area contributed by atoms with Crippen LogP contribution in [-0.2, 0) is 0 Å². The molecule has 4 N–H and O–H groups in total. The van der Waals surface area contributed by atoms with Crippen LogP contribution in [0.3, 0.4) is 0 Å². The highest BCUT2D eigenvalue weighted by Gasteiger charge is 2.32. The van der Waals surface area contributed by atoms with Crippen molar-refractivity contribution in [3.63, 3.8) is 0 Å². The summed E-state index contributed by atoms with van der Waals surface area (Å²) >= 11 is 0. The number of benzene rings is 1. The van der Waals surface area contributed by atoms with Gasteiger partial charge in [-0.15, -0.1) is 0 Å². The maximum Gasteiger partial charge on any atom is 0.172 e. The fourth-order valence-corrected chi connectivity index (χ4v) is 2.34. The molecular weight excluding hydrogens is 230 g/mol. The van der Waals surface area contributed by atoms with Crippen LogP contribution in [0.4, 0.5) is 5.69 Å². The molecule has 1 aromatic rings. The zero-order valence-corrected chi connectivity index (χ0v) is 10.7. The van der Waals surface area contributed by atoms with Crippen LogP contribution < -0.4 is 10.6 Å². The minimum absolute atomic E-state index is 0.0974. The Morgan fingerprint density at radius 2 is 2.22 bits per heavy atom. The summed E-state index contributed by atoms with van der Waals surface area (Å²) in [5.41, 5.74) is 7.68. The van der Waals surface area contributed by atoms with Gasteiger partial charge in [-0.2, -0.15) is 0 Å². The van der Waals surface area contributed by atoms with Crippen molar-refractivity contribution in [1.29, 1.82) is 0 Å². The number of nitrogens with zero attached hydrogens (tertiary/aromatic N) is 2. The predicted molar refractivity (Wildman–Crippen MR) is 71.1 cm³/mol. The first kappa shape index (κ1) is 12.7. The molecular formula is C13H19N3O2. The Labute approximate surface area is 107 Å². The molecule has 2 rings (SSSR count). The van der Waals surface area contributed by atoms with E-state index < -0.39 is 5.60 Å². The molecule has 0 bridgehead atoms. The predicted octanol–water partition coefficient (Wildman–Crippen LogP) is 1.05. The standard InChI is InChI=1S/C13H19N3O2/c1-9-3-4-11(10(7-9)12(14)15-18)16-6-5-13(2,17)8-16/h3-4,7,17-18H,5-6,8H2,1-2H3,(H2,14,15). The van der Waals surface area contributed by atoms with Gasteiger partial charge in [-0.25, -0.2) is 0 Å². The van der Waals surface area contributed by atoms with E-state index in [0.29, 0.717) is 12.1 Å². The molecule has 98 valence electrons. The van der Waals surface area contributed by atoms with E-state index in [1.165, 1.54) is 0 Å². The maximum atomic E-state index is 10.0. The number of rotatable bonds is 2. The van der Waals surface area contributed by atoms with Crippen LogP contribution in [0.1, 0.15) is 24.5 Å². The van der Waals surface area contributed by atoms with Crippen molar-refractivity contribution in [3.8, 4) is 0 Å². The SMILES string of the molecule is Cc1ccc(N2CCC(C)(O)C2)c(/C(N)=N/O)c1. The number of oxime groups is 1. The molecule has 1 atom stereocenters.